The Bertz CT molecular complexity index is 484. The van der Waals surface area contributed by atoms with Crippen LogP contribution < -0.4 is 0 Å². The van der Waals surface area contributed by atoms with Gasteiger partial charge >= 0.3 is 5.97 Å². The second-order valence-corrected chi connectivity index (χ2v) is 12.1. The summed E-state index contributed by atoms with van der Waals surface area (Å²) in [7, 11) is 0. The average molecular weight is 535 g/mol. The van der Waals surface area contributed by atoms with Gasteiger partial charge in [-0.1, -0.05) is 199 Å². The van der Waals surface area contributed by atoms with Crippen LogP contribution >= 0.6 is 0 Å². The molecule has 0 aromatic rings. The Kier molecular flexibility index (Phi) is 31.7. The monoisotopic (exact) mass is 535 g/mol. The van der Waals surface area contributed by atoms with Crippen molar-refractivity contribution in [2.24, 2.45) is 5.92 Å². The fourth-order valence-corrected chi connectivity index (χ4v) is 5.58. The zero-order valence-electron chi connectivity index (χ0n) is 26.3. The maximum atomic E-state index is 11.6. The van der Waals surface area contributed by atoms with E-state index in [1.807, 2.05) is 6.08 Å². The van der Waals surface area contributed by atoms with Gasteiger partial charge < -0.3 is 5.11 Å². The third-order valence-electron chi connectivity index (χ3n) is 8.28. The number of allylic oxidation sites excluding steroid dienone is 1. The second-order valence-electron chi connectivity index (χ2n) is 12.1. The SMILES string of the molecule is CCCCCCCCCCCCCCCCC=CC(CCCCCCCCCCCCCCCC)C(=O)O. The molecule has 0 rings (SSSR count). The van der Waals surface area contributed by atoms with Gasteiger partial charge in [-0.3, -0.25) is 4.79 Å². The molecule has 0 aliphatic rings. The highest BCUT2D eigenvalue weighted by atomic mass is 16.4. The Hall–Kier alpha value is -0.790. The number of carboxylic acid groups (broad SMARTS) is 1. The van der Waals surface area contributed by atoms with Crippen LogP contribution in [-0.4, -0.2) is 11.1 Å². The van der Waals surface area contributed by atoms with E-state index in [0.29, 0.717) is 0 Å². The van der Waals surface area contributed by atoms with Gasteiger partial charge in [-0.25, -0.2) is 0 Å². The highest BCUT2D eigenvalue weighted by Gasteiger charge is 2.12. The molecule has 1 unspecified atom stereocenters. The topological polar surface area (TPSA) is 37.3 Å². The van der Waals surface area contributed by atoms with E-state index in [-0.39, 0.29) is 5.92 Å². The van der Waals surface area contributed by atoms with Gasteiger partial charge in [0, 0.05) is 0 Å². The molecule has 1 N–H and O–H groups in total. The molecule has 0 aromatic heterocycles. The van der Waals surface area contributed by atoms with Gasteiger partial charge in [0.25, 0.3) is 0 Å². The molecule has 38 heavy (non-hydrogen) atoms. The van der Waals surface area contributed by atoms with Crippen LogP contribution in [-0.2, 0) is 4.79 Å². The highest BCUT2D eigenvalue weighted by molar-refractivity contribution is 5.72. The molecule has 0 aliphatic carbocycles. The number of carboxylic acids is 1. The van der Waals surface area contributed by atoms with E-state index < -0.39 is 5.97 Å². The lowest BCUT2D eigenvalue weighted by Gasteiger charge is -2.08. The minimum atomic E-state index is -0.642. The summed E-state index contributed by atoms with van der Waals surface area (Å²) in [5, 5.41) is 9.55. The summed E-state index contributed by atoms with van der Waals surface area (Å²) in [4.78, 5) is 11.6. The molecule has 0 heterocycles. The summed E-state index contributed by atoms with van der Waals surface area (Å²) in [6, 6.07) is 0. The molecular weight excluding hydrogens is 464 g/mol. The molecule has 0 saturated heterocycles. The molecule has 0 aliphatic heterocycles. The Labute approximate surface area is 240 Å². The third kappa shape index (κ3) is 29.8. The first-order valence-corrected chi connectivity index (χ1v) is 17.6. The molecule has 0 aromatic carbocycles. The molecule has 226 valence electrons. The van der Waals surface area contributed by atoms with E-state index in [4.69, 9.17) is 0 Å². The van der Waals surface area contributed by atoms with Crippen molar-refractivity contribution in [2.75, 3.05) is 0 Å². The highest BCUT2D eigenvalue weighted by Crippen LogP contribution is 2.17. The van der Waals surface area contributed by atoms with Crippen LogP contribution in [0.15, 0.2) is 12.2 Å². The Morgan fingerprint density at radius 2 is 0.763 bits per heavy atom. The van der Waals surface area contributed by atoms with Gasteiger partial charge in [0.1, 0.15) is 0 Å². The van der Waals surface area contributed by atoms with Crippen LogP contribution in [0.25, 0.3) is 0 Å². The fraction of sp³-hybridized carbons (Fsp3) is 0.917. The smallest absolute Gasteiger partial charge is 0.310 e. The molecule has 0 saturated carbocycles. The largest absolute Gasteiger partial charge is 0.481 e. The first-order valence-electron chi connectivity index (χ1n) is 17.6. The van der Waals surface area contributed by atoms with Crippen molar-refractivity contribution >= 4 is 5.97 Å². The molecule has 0 radical (unpaired) electrons. The summed E-state index contributed by atoms with van der Waals surface area (Å²) < 4.78 is 0. The van der Waals surface area contributed by atoms with Crippen molar-refractivity contribution in [3.8, 4) is 0 Å². The summed E-state index contributed by atoms with van der Waals surface area (Å²) in [6.45, 7) is 4.57. The average Bonchev–Trinajstić information content (AvgIpc) is 2.91. The fourth-order valence-electron chi connectivity index (χ4n) is 5.58. The van der Waals surface area contributed by atoms with Crippen molar-refractivity contribution in [3.63, 3.8) is 0 Å². The van der Waals surface area contributed by atoms with Gasteiger partial charge in [-0.05, 0) is 19.3 Å². The molecule has 2 nitrogen and oxygen atoms in total. The van der Waals surface area contributed by atoms with E-state index in [0.717, 1.165) is 19.3 Å². The Morgan fingerprint density at radius 3 is 1.08 bits per heavy atom. The molecule has 0 spiro atoms. The lowest BCUT2D eigenvalue weighted by Crippen LogP contribution is -2.10. The maximum Gasteiger partial charge on any atom is 0.310 e. The van der Waals surface area contributed by atoms with Crippen molar-refractivity contribution in [2.45, 2.75) is 206 Å². The van der Waals surface area contributed by atoms with E-state index in [2.05, 4.69) is 19.9 Å². The Balaban J connectivity index is 3.46. The van der Waals surface area contributed by atoms with Gasteiger partial charge in [0.05, 0.1) is 5.92 Å². The zero-order valence-corrected chi connectivity index (χ0v) is 26.3. The number of rotatable bonds is 32. The second kappa shape index (κ2) is 32.4. The number of carbonyl (C=O) groups is 1. The number of unbranched alkanes of at least 4 members (excludes halogenated alkanes) is 27. The van der Waals surface area contributed by atoms with Gasteiger partial charge in [0.15, 0.2) is 0 Å². The first kappa shape index (κ1) is 37.2. The van der Waals surface area contributed by atoms with Gasteiger partial charge in [0.2, 0.25) is 0 Å². The van der Waals surface area contributed by atoms with Crippen LogP contribution in [0.3, 0.4) is 0 Å². The number of hydrogen-bond donors (Lipinski definition) is 1. The maximum absolute atomic E-state index is 11.6. The molecule has 1 atom stereocenters. The van der Waals surface area contributed by atoms with Crippen LogP contribution in [0, 0.1) is 5.92 Å². The van der Waals surface area contributed by atoms with E-state index in [1.165, 1.54) is 173 Å². The summed E-state index contributed by atoms with van der Waals surface area (Å²) in [5.74, 6) is -0.920. The predicted molar refractivity (Wildman–Crippen MR) is 170 cm³/mol. The van der Waals surface area contributed by atoms with Crippen LogP contribution in [0.1, 0.15) is 206 Å². The predicted octanol–water partition coefficient (Wildman–Crippen LogP) is 13.0. The summed E-state index contributed by atoms with van der Waals surface area (Å²) >= 11 is 0. The summed E-state index contributed by atoms with van der Waals surface area (Å²) in [6.07, 6.45) is 44.2. The van der Waals surface area contributed by atoms with Crippen LogP contribution in [0.2, 0.25) is 0 Å². The molecule has 0 fully saturated rings. The Morgan fingerprint density at radius 1 is 0.474 bits per heavy atom. The third-order valence-corrected chi connectivity index (χ3v) is 8.28. The summed E-state index contributed by atoms with van der Waals surface area (Å²) in [5.41, 5.74) is 0. The van der Waals surface area contributed by atoms with Crippen molar-refractivity contribution in [1.82, 2.24) is 0 Å². The molecular formula is C36H70O2. The van der Waals surface area contributed by atoms with E-state index in [1.54, 1.807) is 0 Å². The van der Waals surface area contributed by atoms with Crippen LogP contribution in [0.4, 0.5) is 0 Å². The quantitative estimate of drug-likeness (QED) is 0.0688. The lowest BCUT2D eigenvalue weighted by molar-refractivity contribution is -0.140. The standard InChI is InChI=1S/C36H70O2/c1-3-5-7-9-11-13-15-17-19-20-22-24-26-28-30-32-34-35(36(37)38)33-31-29-27-25-23-21-18-16-14-12-10-8-6-4-2/h32,34-35H,3-31,33H2,1-2H3,(H,37,38). The zero-order chi connectivity index (χ0) is 27.8. The normalized spacial score (nSPS) is 12.5. The van der Waals surface area contributed by atoms with Gasteiger partial charge in [-0.15, -0.1) is 0 Å². The number of aliphatic carboxylic acids is 1. The van der Waals surface area contributed by atoms with Gasteiger partial charge in [-0.2, -0.15) is 0 Å². The van der Waals surface area contributed by atoms with Crippen LogP contribution in [0.5, 0.6) is 0 Å². The minimum absolute atomic E-state index is 0.279. The van der Waals surface area contributed by atoms with Crippen molar-refractivity contribution in [1.29, 1.82) is 0 Å². The van der Waals surface area contributed by atoms with Crippen molar-refractivity contribution < 1.29 is 9.90 Å². The molecule has 2 heteroatoms. The number of hydrogen-bond acceptors (Lipinski definition) is 1. The molecule has 0 bridgehead atoms. The van der Waals surface area contributed by atoms with Crippen molar-refractivity contribution in [3.05, 3.63) is 12.2 Å². The first-order chi connectivity index (χ1) is 18.7. The van der Waals surface area contributed by atoms with E-state index in [9.17, 15) is 9.90 Å². The lowest BCUT2D eigenvalue weighted by atomic mass is 9.98. The van der Waals surface area contributed by atoms with E-state index >= 15 is 0 Å². The molecule has 0 amide bonds. The minimum Gasteiger partial charge on any atom is -0.481 e.